The molecule has 0 radical (unpaired) electrons. The number of carbonyl (C=O) groups is 2. The van der Waals surface area contributed by atoms with Crippen molar-refractivity contribution in [1.82, 2.24) is 0 Å². The van der Waals surface area contributed by atoms with Crippen LogP contribution >= 0.6 is 57.1 Å². The van der Waals surface area contributed by atoms with Gasteiger partial charge in [0, 0.05) is 31.5 Å². The molecule has 0 bridgehead atoms. The standard InChI is InChI=1S/C97H126O2S5/c1-9-17-25-33-43-70-55-71(44-34-26-18-10-2)60-78(59-70)96(79-61-72(45-35-27-19-11-3)56-73(62-79)46-36-28-20-12-4)85-67-83(52-42-54-99)101-90(85)92-88(96)93-95(103-92)89-94(104-93)91-87(84-69-100-82(51-41-53-98)68-86(84)102-91)97(89,80-63-74(47-37-29-21-13-5)57-75(64-80)48-38-30-22-14-6)81-65-76(49-39-31-23-15-7)58-77(66-81)50-40-32-24-16-8/h41-42,51-68H,9-40,43-50,69H2,1-8H3/b51-41+,52-42+. The fourth-order valence-corrected chi connectivity index (χ4v) is 24.8. The van der Waals surface area contributed by atoms with Gasteiger partial charge in [0.05, 0.1) is 39.7 Å². The fraction of sp³-hybridized carbons (Fsp3) is 0.526. The summed E-state index contributed by atoms with van der Waals surface area (Å²) in [7, 11) is 0. The lowest BCUT2D eigenvalue weighted by Crippen LogP contribution is -2.30. The number of benzene rings is 4. The van der Waals surface area contributed by atoms with E-state index in [2.05, 4.69) is 186 Å². The molecule has 7 heteroatoms. The third-order valence-electron chi connectivity index (χ3n) is 23.1. The average Bonchev–Trinajstić information content (AvgIpc) is 1.48. The normalized spacial score (nSPS) is 14.1. The summed E-state index contributed by atoms with van der Waals surface area (Å²) in [5.74, 6) is 0.863. The molecule has 2 aliphatic carbocycles. The van der Waals surface area contributed by atoms with Gasteiger partial charge in [-0.25, -0.2) is 0 Å². The molecule has 11 rings (SSSR count). The minimum atomic E-state index is -0.645. The van der Waals surface area contributed by atoms with Crippen molar-refractivity contribution in [3.63, 3.8) is 0 Å². The highest BCUT2D eigenvalue weighted by Gasteiger charge is 2.56. The van der Waals surface area contributed by atoms with Gasteiger partial charge in [0.25, 0.3) is 0 Å². The van der Waals surface area contributed by atoms with Crippen LogP contribution in [0, 0.1) is 0 Å². The fourth-order valence-electron chi connectivity index (χ4n) is 17.8. The maximum absolute atomic E-state index is 12.6. The Kier molecular flexibility index (Phi) is 31.0. The molecule has 3 aliphatic rings. The minimum Gasteiger partial charge on any atom is -0.299 e. The Morgan fingerprint density at radius 1 is 0.317 bits per heavy atom. The Morgan fingerprint density at radius 3 is 0.962 bits per heavy atom. The van der Waals surface area contributed by atoms with Crippen molar-refractivity contribution in [2.24, 2.45) is 0 Å². The number of thioether (sulfide) groups is 1. The third-order valence-corrected chi connectivity index (χ3v) is 29.3. The predicted molar refractivity (Wildman–Crippen MR) is 462 cm³/mol. The van der Waals surface area contributed by atoms with Crippen molar-refractivity contribution < 1.29 is 9.59 Å². The molecule has 0 N–H and O–H groups in total. The molecule has 0 amide bonds. The van der Waals surface area contributed by atoms with Crippen LogP contribution in [0.15, 0.2) is 102 Å². The van der Waals surface area contributed by atoms with Gasteiger partial charge in [-0.15, -0.1) is 57.1 Å². The molecule has 104 heavy (non-hydrogen) atoms. The highest BCUT2D eigenvalue weighted by molar-refractivity contribution is 8.02. The highest BCUT2D eigenvalue weighted by atomic mass is 32.2. The highest BCUT2D eigenvalue weighted by Crippen LogP contribution is 2.71. The average molecular weight is 1480 g/mol. The molecule has 0 saturated carbocycles. The first-order valence-corrected chi connectivity index (χ1v) is 46.4. The summed E-state index contributed by atoms with van der Waals surface area (Å²) in [5.41, 5.74) is 24.0. The number of aryl methyl sites for hydroxylation is 8. The molecule has 4 aromatic carbocycles. The van der Waals surface area contributed by atoms with Gasteiger partial charge < -0.3 is 0 Å². The lowest BCUT2D eigenvalue weighted by Gasteiger charge is -2.36. The van der Waals surface area contributed by atoms with E-state index in [4.69, 9.17) is 0 Å². The van der Waals surface area contributed by atoms with E-state index in [0.29, 0.717) is 0 Å². The molecule has 0 saturated heterocycles. The Hall–Kier alpha value is -5.15. The Balaban J connectivity index is 1.31. The zero-order chi connectivity index (χ0) is 72.7. The zero-order valence-electron chi connectivity index (χ0n) is 65.4. The molecular weight excluding hydrogens is 1360 g/mol. The van der Waals surface area contributed by atoms with E-state index in [9.17, 15) is 9.59 Å². The van der Waals surface area contributed by atoms with Gasteiger partial charge in [0.2, 0.25) is 0 Å². The minimum absolute atomic E-state index is 0.627. The molecule has 0 atom stereocenters. The van der Waals surface area contributed by atoms with Gasteiger partial charge in [-0.05, 0) is 223 Å². The van der Waals surface area contributed by atoms with E-state index in [0.717, 1.165) is 74.6 Å². The van der Waals surface area contributed by atoms with E-state index in [-0.39, 0.29) is 0 Å². The molecule has 1 aliphatic heterocycles. The molecule has 5 heterocycles. The van der Waals surface area contributed by atoms with Gasteiger partial charge in [-0.3, -0.25) is 9.59 Å². The maximum atomic E-state index is 12.6. The number of fused-ring (bicyclic) bond motifs is 11. The van der Waals surface area contributed by atoms with Crippen molar-refractivity contribution in [1.29, 1.82) is 0 Å². The van der Waals surface area contributed by atoms with Crippen LogP contribution in [-0.4, -0.2) is 12.6 Å². The van der Waals surface area contributed by atoms with Crippen LogP contribution in [0.1, 0.15) is 365 Å². The van der Waals surface area contributed by atoms with Gasteiger partial charge in [0.15, 0.2) is 0 Å². The van der Waals surface area contributed by atoms with Gasteiger partial charge in [-0.2, -0.15) is 0 Å². The summed E-state index contributed by atoms with van der Waals surface area (Å²) < 4.78 is 2.96. The van der Waals surface area contributed by atoms with Crippen LogP contribution in [0.25, 0.3) is 41.1 Å². The van der Waals surface area contributed by atoms with Crippen molar-refractivity contribution in [2.45, 2.75) is 329 Å². The summed E-state index contributed by atoms with van der Waals surface area (Å²) in [5, 5.41) is 0. The van der Waals surface area contributed by atoms with Crippen molar-refractivity contribution in [3.8, 4) is 19.5 Å². The van der Waals surface area contributed by atoms with E-state index in [1.807, 2.05) is 23.1 Å². The van der Waals surface area contributed by atoms with Crippen LogP contribution in [0.3, 0.4) is 0 Å². The Labute approximate surface area is 650 Å². The first-order chi connectivity index (χ1) is 51.1. The molecule has 556 valence electrons. The molecular formula is C97H126O2S5. The number of aldehydes is 2. The van der Waals surface area contributed by atoms with E-state index < -0.39 is 10.8 Å². The molecule has 0 fully saturated rings. The summed E-state index contributed by atoms with van der Waals surface area (Å²) in [6.45, 7) is 18.8. The lowest BCUT2D eigenvalue weighted by atomic mass is 9.65. The van der Waals surface area contributed by atoms with Crippen LogP contribution in [0.4, 0.5) is 0 Å². The number of thiophene rings is 4. The number of hydrogen-bond donors (Lipinski definition) is 0. The zero-order valence-corrected chi connectivity index (χ0v) is 69.5. The van der Waals surface area contributed by atoms with Crippen LogP contribution < -0.4 is 0 Å². The Morgan fingerprint density at radius 2 is 0.625 bits per heavy atom. The van der Waals surface area contributed by atoms with E-state index >= 15 is 0 Å². The number of unbranched alkanes of at least 4 members (excludes halogenated alkanes) is 24. The van der Waals surface area contributed by atoms with Crippen LogP contribution in [-0.2, 0) is 77.5 Å². The number of allylic oxidation sites excluding steroid dienone is 3. The predicted octanol–water partition coefficient (Wildman–Crippen LogP) is 30.3. The third kappa shape index (κ3) is 18.4. The number of carbonyl (C=O) groups excluding carboxylic acids is 2. The van der Waals surface area contributed by atoms with Gasteiger partial charge >= 0.3 is 0 Å². The van der Waals surface area contributed by atoms with E-state index in [1.54, 1.807) is 12.2 Å². The van der Waals surface area contributed by atoms with E-state index in [1.165, 1.54) is 339 Å². The smallest absolute Gasteiger partial charge is 0.142 e. The van der Waals surface area contributed by atoms with Gasteiger partial charge in [-0.1, -0.05) is 282 Å². The summed E-state index contributed by atoms with van der Waals surface area (Å²) in [6, 6.07) is 35.1. The monoisotopic (exact) mass is 1480 g/mol. The molecule has 2 nitrogen and oxygen atoms in total. The SMILES string of the molecule is CCCCCCc1cc(CCCCCC)cc(C2(c3cc(CCCCCC)cc(CCCCCC)c3)c3cc(/C=C/C=O)sc3-c3sc4c5c(sc4c32)-c2sc3c(c2C5(c2cc(CCCCCC)cc(CCCCCC)c2)c2cc(CCCCCC)cc(CCCCCC)c2)CSC(/C=C/C=O)=C3)c1. The van der Waals surface area contributed by atoms with Crippen LogP contribution in [0.2, 0.25) is 0 Å². The summed E-state index contributed by atoms with van der Waals surface area (Å²) >= 11 is 10.2. The Bertz CT molecular complexity index is 3920. The molecule has 4 aromatic heterocycles. The van der Waals surface area contributed by atoms with Crippen molar-refractivity contribution in [2.75, 3.05) is 0 Å². The number of rotatable bonds is 48. The first-order valence-electron chi connectivity index (χ1n) is 42.2. The van der Waals surface area contributed by atoms with Gasteiger partial charge in [0.1, 0.15) is 12.6 Å². The van der Waals surface area contributed by atoms with Crippen molar-refractivity contribution >= 4 is 91.2 Å². The maximum Gasteiger partial charge on any atom is 0.142 e. The first kappa shape index (κ1) is 79.9. The topological polar surface area (TPSA) is 34.1 Å². The van der Waals surface area contributed by atoms with Crippen LogP contribution in [0.5, 0.6) is 0 Å². The second-order valence-electron chi connectivity index (χ2n) is 31.3. The number of hydrogen-bond acceptors (Lipinski definition) is 7. The summed E-state index contributed by atoms with van der Waals surface area (Å²) in [4.78, 5) is 34.2. The second kappa shape index (κ2) is 40.3. The molecule has 0 spiro atoms. The lowest BCUT2D eigenvalue weighted by molar-refractivity contribution is -0.104. The van der Waals surface area contributed by atoms with Crippen molar-refractivity contribution in [3.05, 3.63) is 206 Å². The second-order valence-corrected chi connectivity index (χ2v) is 36.5. The summed E-state index contributed by atoms with van der Waals surface area (Å²) in [6.07, 6.45) is 60.3. The largest absolute Gasteiger partial charge is 0.299 e. The quantitative estimate of drug-likeness (QED) is 0.0217. The molecule has 0 unspecified atom stereocenters. The molecule has 8 aromatic rings.